The van der Waals surface area contributed by atoms with Gasteiger partial charge in [-0.25, -0.2) is 0 Å². The Morgan fingerprint density at radius 3 is 2.50 bits per heavy atom. The van der Waals surface area contributed by atoms with Crippen LogP contribution in [0.3, 0.4) is 0 Å². The van der Waals surface area contributed by atoms with E-state index in [0.29, 0.717) is 5.56 Å². The number of aryl methyl sites for hydroxylation is 1. The molecule has 88 valence electrons. The highest BCUT2D eigenvalue weighted by molar-refractivity contribution is 5.42. The summed E-state index contributed by atoms with van der Waals surface area (Å²) in [4.78, 5) is 9.74. The third-order valence-corrected chi connectivity index (χ3v) is 1.76. The van der Waals surface area contributed by atoms with Gasteiger partial charge in [-0.3, -0.25) is 10.1 Å². The van der Waals surface area contributed by atoms with Gasteiger partial charge in [0.2, 0.25) is 0 Å². The predicted octanol–water partition coefficient (Wildman–Crippen LogP) is 2.84. The number of nitro benzene ring substituents is 1. The first kappa shape index (κ1) is 12.3. The van der Waals surface area contributed by atoms with E-state index in [9.17, 15) is 23.3 Å². The summed E-state index contributed by atoms with van der Waals surface area (Å²) in [6, 6.07) is 3.41. The normalized spacial score (nSPS) is 11.2. The number of non-ortho nitro benzene ring substituents is 1. The summed E-state index contributed by atoms with van der Waals surface area (Å²) in [5.41, 5.74) is 0.107. The van der Waals surface area contributed by atoms with Crippen molar-refractivity contribution < 1.29 is 22.8 Å². The Balaban J connectivity index is 2.80. The minimum atomic E-state index is -4.42. The van der Waals surface area contributed by atoms with Crippen molar-refractivity contribution in [1.82, 2.24) is 0 Å². The molecule has 0 spiro atoms. The van der Waals surface area contributed by atoms with E-state index in [0.717, 1.165) is 18.2 Å². The highest BCUT2D eigenvalue weighted by atomic mass is 19.4. The number of halogens is 3. The zero-order valence-electron chi connectivity index (χ0n) is 8.25. The fourth-order valence-corrected chi connectivity index (χ4v) is 1.07. The maximum Gasteiger partial charge on any atom is 0.422 e. The summed E-state index contributed by atoms with van der Waals surface area (Å²) < 4.78 is 40.0. The third kappa shape index (κ3) is 3.41. The summed E-state index contributed by atoms with van der Waals surface area (Å²) in [7, 11) is 0. The lowest BCUT2D eigenvalue weighted by Crippen LogP contribution is -2.19. The molecule has 16 heavy (non-hydrogen) atoms. The number of nitrogens with zero attached hydrogens (tertiary/aromatic N) is 1. The molecule has 0 radical (unpaired) electrons. The second-order valence-corrected chi connectivity index (χ2v) is 3.11. The van der Waals surface area contributed by atoms with Crippen molar-refractivity contribution in [3.05, 3.63) is 33.9 Å². The smallest absolute Gasteiger partial charge is 0.422 e. The molecule has 0 N–H and O–H groups in total. The van der Waals surface area contributed by atoms with E-state index in [1.165, 1.54) is 6.92 Å². The zero-order chi connectivity index (χ0) is 12.3. The van der Waals surface area contributed by atoms with Gasteiger partial charge in [0.25, 0.3) is 5.69 Å². The van der Waals surface area contributed by atoms with Crippen LogP contribution in [0.4, 0.5) is 18.9 Å². The van der Waals surface area contributed by atoms with Crippen molar-refractivity contribution in [2.24, 2.45) is 0 Å². The number of alkyl halides is 3. The molecule has 0 saturated carbocycles. The minimum absolute atomic E-state index is 0.0112. The standard InChI is InChI=1S/C9H8F3NO3/c1-6-4-7(13(14)15)2-3-8(6)16-5-9(10,11)12/h2-4H,5H2,1H3. The molecular weight excluding hydrogens is 227 g/mol. The molecule has 0 aliphatic carbocycles. The van der Waals surface area contributed by atoms with Crippen LogP contribution in [0.1, 0.15) is 5.56 Å². The number of rotatable bonds is 3. The lowest BCUT2D eigenvalue weighted by Gasteiger charge is -2.10. The first-order valence-electron chi connectivity index (χ1n) is 4.24. The molecule has 0 unspecified atom stereocenters. The largest absolute Gasteiger partial charge is 0.484 e. The lowest BCUT2D eigenvalue weighted by molar-refractivity contribution is -0.384. The Hall–Kier alpha value is -1.79. The van der Waals surface area contributed by atoms with Crippen LogP contribution in [0.5, 0.6) is 5.75 Å². The van der Waals surface area contributed by atoms with Crippen molar-refractivity contribution in [3.63, 3.8) is 0 Å². The number of nitro groups is 1. The number of ether oxygens (including phenoxy) is 1. The van der Waals surface area contributed by atoms with Crippen LogP contribution in [0.15, 0.2) is 18.2 Å². The van der Waals surface area contributed by atoms with Crippen LogP contribution in [-0.4, -0.2) is 17.7 Å². The van der Waals surface area contributed by atoms with E-state index >= 15 is 0 Å². The highest BCUT2D eigenvalue weighted by Gasteiger charge is 2.28. The maximum atomic E-state index is 11.8. The van der Waals surface area contributed by atoms with Crippen LogP contribution in [0.2, 0.25) is 0 Å². The maximum absolute atomic E-state index is 11.8. The molecule has 7 heteroatoms. The third-order valence-electron chi connectivity index (χ3n) is 1.76. The SMILES string of the molecule is Cc1cc([N+](=O)[O-])ccc1OCC(F)(F)F. The number of hydrogen-bond donors (Lipinski definition) is 0. The zero-order valence-corrected chi connectivity index (χ0v) is 8.25. The summed E-state index contributed by atoms with van der Waals surface area (Å²) in [6.07, 6.45) is -4.42. The van der Waals surface area contributed by atoms with E-state index < -0.39 is 17.7 Å². The second kappa shape index (κ2) is 4.38. The average Bonchev–Trinajstić information content (AvgIpc) is 2.14. The van der Waals surface area contributed by atoms with Gasteiger partial charge in [-0.1, -0.05) is 0 Å². The second-order valence-electron chi connectivity index (χ2n) is 3.11. The Kier molecular flexibility index (Phi) is 3.36. The number of hydrogen-bond acceptors (Lipinski definition) is 3. The Morgan fingerprint density at radius 1 is 1.44 bits per heavy atom. The molecule has 0 heterocycles. The Labute approximate surface area is 88.8 Å². The number of benzene rings is 1. The Bertz CT molecular complexity index is 403. The van der Waals surface area contributed by atoms with Gasteiger partial charge in [0.05, 0.1) is 4.92 Å². The van der Waals surface area contributed by atoms with Gasteiger partial charge in [-0.15, -0.1) is 0 Å². The van der Waals surface area contributed by atoms with Crippen molar-refractivity contribution in [3.8, 4) is 5.75 Å². The van der Waals surface area contributed by atoms with Crippen molar-refractivity contribution >= 4 is 5.69 Å². The Morgan fingerprint density at radius 2 is 2.06 bits per heavy atom. The highest BCUT2D eigenvalue weighted by Crippen LogP contribution is 2.25. The van der Waals surface area contributed by atoms with Gasteiger partial charge >= 0.3 is 6.18 Å². The topological polar surface area (TPSA) is 52.4 Å². The van der Waals surface area contributed by atoms with Gasteiger partial charge in [0.1, 0.15) is 5.75 Å². The first-order chi connectivity index (χ1) is 7.29. The van der Waals surface area contributed by atoms with E-state index in [1.54, 1.807) is 0 Å². The average molecular weight is 235 g/mol. The molecule has 1 aromatic carbocycles. The molecule has 0 amide bonds. The monoisotopic (exact) mass is 235 g/mol. The lowest BCUT2D eigenvalue weighted by atomic mass is 10.2. The summed E-state index contributed by atoms with van der Waals surface area (Å²) >= 11 is 0. The van der Waals surface area contributed by atoms with Crippen LogP contribution >= 0.6 is 0 Å². The van der Waals surface area contributed by atoms with Gasteiger partial charge in [0, 0.05) is 12.1 Å². The van der Waals surface area contributed by atoms with Crippen molar-refractivity contribution in [1.29, 1.82) is 0 Å². The van der Waals surface area contributed by atoms with E-state index in [1.807, 2.05) is 0 Å². The summed E-state index contributed by atoms with van der Waals surface area (Å²) in [5, 5.41) is 10.4. The fourth-order valence-electron chi connectivity index (χ4n) is 1.07. The molecule has 0 aliphatic heterocycles. The molecule has 0 aliphatic rings. The summed E-state index contributed by atoms with van der Waals surface area (Å²) in [6.45, 7) is 0.0321. The van der Waals surface area contributed by atoms with E-state index in [4.69, 9.17) is 0 Å². The molecule has 0 bridgehead atoms. The quantitative estimate of drug-likeness (QED) is 0.597. The molecule has 0 fully saturated rings. The molecule has 1 aromatic rings. The first-order valence-corrected chi connectivity index (χ1v) is 4.24. The summed E-state index contributed by atoms with van der Waals surface area (Å²) in [5.74, 6) is -0.0112. The fraction of sp³-hybridized carbons (Fsp3) is 0.333. The predicted molar refractivity (Wildman–Crippen MR) is 49.4 cm³/mol. The molecule has 0 atom stereocenters. The van der Waals surface area contributed by atoms with Crippen molar-refractivity contribution in [2.45, 2.75) is 13.1 Å². The molecule has 1 rings (SSSR count). The molecule has 0 saturated heterocycles. The minimum Gasteiger partial charge on any atom is -0.484 e. The molecule has 0 aromatic heterocycles. The van der Waals surface area contributed by atoms with Gasteiger partial charge in [-0.2, -0.15) is 13.2 Å². The van der Waals surface area contributed by atoms with Crippen molar-refractivity contribution in [2.75, 3.05) is 6.61 Å². The van der Waals surface area contributed by atoms with Crippen LogP contribution in [0, 0.1) is 17.0 Å². The van der Waals surface area contributed by atoms with Gasteiger partial charge < -0.3 is 4.74 Å². The molecule has 4 nitrogen and oxygen atoms in total. The van der Waals surface area contributed by atoms with Crippen LogP contribution in [-0.2, 0) is 0 Å². The van der Waals surface area contributed by atoms with Crippen LogP contribution in [0.25, 0.3) is 0 Å². The van der Waals surface area contributed by atoms with Gasteiger partial charge in [-0.05, 0) is 18.6 Å². The van der Waals surface area contributed by atoms with Crippen LogP contribution < -0.4 is 4.74 Å². The van der Waals surface area contributed by atoms with E-state index in [2.05, 4.69) is 4.74 Å². The molecular formula is C9H8F3NO3. The van der Waals surface area contributed by atoms with E-state index in [-0.39, 0.29) is 11.4 Å². The van der Waals surface area contributed by atoms with Gasteiger partial charge in [0.15, 0.2) is 6.61 Å².